The molecule has 2 aliphatic carbocycles. The molecule has 0 saturated carbocycles. The Morgan fingerprint density at radius 3 is 2.52 bits per heavy atom. The van der Waals surface area contributed by atoms with E-state index in [-0.39, 0.29) is 19.0 Å². The van der Waals surface area contributed by atoms with Gasteiger partial charge in [0, 0.05) is 12.6 Å². The van der Waals surface area contributed by atoms with E-state index in [9.17, 15) is 14.0 Å². The molecular weight excluding hydrogens is 373 g/mol. The fourth-order valence-corrected chi connectivity index (χ4v) is 3.31. The number of halogens is 1. The van der Waals surface area contributed by atoms with E-state index in [1.807, 2.05) is 42.5 Å². The maximum Gasteiger partial charge on any atom is 0.414 e. The zero-order valence-electron chi connectivity index (χ0n) is 15.8. The number of nitrogens with zero attached hydrogens (tertiary/aromatic N) is 1. The van der Waals surface area contributed by atoms with E-state index in [2.05, 4.69) is 10.6 Å². The van der Waals surface area contributed by atoms with Crippen molar-refractivity contribution in [3.63, 3.8) is 0 Å². The number of carbonyl (C=O) groups excluding carboxylic acids is 2. The lowest BCUT2D eigenvalue weighted by molar-refractivity contribution is -0.119. The summed E-state index contributed by atoms with van der Waals surface area (Å²) in [6.07, 6.45) is -1.03. The van der Waals surface area contributed by atoms with E-state index in [1.54, 1.807) is 12.1 Å². The monoisotopic (exact) mass is 393 g/mol. The van der Waals surface area contributed by atoms with Crippen LogP contribution in [0.3, 0.4) is 0 Å². The predicted molar refractivity (Wildman–Crippen MR) is 109 cm³/mol. The van der Waals surface area contributed by atoms with Gasteiger partial charge in [-0.3, -0.25) is 9.69 Å². The second-order valence-corrected chi connectivity index (χ2v) is 6.91. The van der Waals surface area contributed by atoms with Gasteiger partial charge in [0.25, 0.3) is 0 Å². The van der Waals surface area contributed by atoms with Gasteiger partial charge in [-0.2, -0.15) is 0 Å². The average Bonchev–Trinajstić information content (AvgIpc) is 3.17. The molecule has 0 bridgehead atoms. The highest BCUT2D eigenvalue weighted by Gasteiger charge is 2.32. The molecule has 1 saturated heterocycles. The molecule has 1 aromatic rings. The SMILES string of the molecule is CC(=O)NC[C@H]1CN(c2ccc(Nc3cc4cccccc-4c3)c(F)c2)C(=O)O1. The topological polar surface area (TPSA) is 70.7 Å². The van der Waals surface area contributed by atoms with E-state index in [4.69, 9.17) is 4.74 Å². The van der Waals surface area contributed by atoms with Crippen molar-refractivity contribution in [2.24, 2.45) is 0 Å². The van der Waals surface area contributed by atoms with Gasteiger partial charge in [0.05, 0.1) is 24.5 Å². The first-order valence-corrected chi connectivity index (χ1v) is 9.27. The number of rotatable bonds is 5. The minimum absolute atomic E-state index is 0.199. The van der Waals surface area contributed by atoms with Crippen molar-refractivity contribution in [1.29, 1.82) is 0 Å². The lowest BCUT2D eigenvalue weighted by Crippen LogP contribution is -2.33. The molecule has 1 heterocycles. The van der Waals surface area contributed by atoms with Crippen molar-refractivity contribution in [3.05, 3.63) is 66.5 Å². The van der Waals surface area contributed by atoms with Crippen LogP contribution in [0.1, 0.15) is 6.92 Å². The standard InChI is InChI=1S/C22H20FN3O3/c1-14(27)24-12-19-13-26(22(28)29-19)18-7-8-21(20(23)11-18)25-17-9-15-5-3-2-4-6-16(15)10-17/h2-11,19,25H,12-13H2,1H3,(H,24,27)/t19-/m0/s1. The summed E-state index contributed by atoms with van der Waals surface area (Å²) in [5, 5.41) is 5.70. The Morgan fingerprint density at radius 2 is 1.86 bits per heavy atom. The maximum atomic E-state index is 14.7. The molecule has 0 unspecified atom stereocenters. The Balaban J connectivity index is 1.49. The summed E-state index contributed by atoms with van der Waals surface area (Å²) < 4.78 is 19.9. The molecule has 1 aliphatic heterocycles. The zero-order valence-corrected chi connectivity index (χ0v) is 15.8. The number of nitrogens with one attached hydrogen (secondary N) is 2. The normalized spacial score (nSPS) is 16.0. The number of cyclic esters (lactones) is 1. The molecule has 0 aromatic heterocycles. The van der Waals surface area contributed by atoms with Crippen LogP contribution in [0.25, 0.3) is 11.1 Å². The van der Waals surface area contributed by atoms with Gasteiger partial charge in [-0.25, -0.2) is 9.18 Å². The Hall–Kier alpha value is -3.61. The maximum absolute atomic E-state index is 14.7. The first-order chi connectivity index (χ1) is 14.0. The highest BCUT2D eigenvalue weighted by molar-refractivity contribution is 5.90. The molecule has 7 heteroatoms. The first-order valence-electron chi connectivity index (χ1n) is 9.27. The molecule has 2 amide bonds. The summed E-state index contributed by atoms with van der Waals surface area (Å²) in [5.74, 6) is -0.675. The van der Waals surface area contributed by atoms with Crippen molar-refractivity contribution in [2.75, 3.05) is 23.3 Å². The Morgan fingerprint density at radius 1 is 1.14 bits per heavy atom. The molecule has 1 aromatic carbocycles. The third-order valence-corrected chi connectivity index (χ3v) is 4.73. The van der Waals surface area contributed by atoms with Gasteiger partial charge in [0.15, 0.2) is 0 Å². The third kappa shape index (κ3) is 4.13. The smallest absolute Gasteiger partial charge is 0.414 e. The zero-order chi connectivity index (χ0) is 20.4. The van der Waals surface area contributed by atoms with Crippen molar-refractivity contribution < 1.29 is 18.7 Å². The van der Waals surface area contributed by atoms with Gasteiger partial charge in [0.2, 0.25) is 5.91 Å². The largest absolute Gasteiger partial charge is 0.442 e. The number of fused-ring (bicyclic) bond motifs is 1. The van der Waals surface area contributed by atoms with Crippen molar-refractivity contribution in [2.45, 2.75) is 13.0 Å². The number of anilines is 3. The lowest BCUT2D eigenvalue weighted by Gasteiger charge is -2.15. The van der Waals surface area contributed by atoms with E-state index >= 15 is 0 Å². The van der Waals surface area contributed by atoms with Crippen LogP contribution in [-0.2, 0) is 9.53 Å². The van der Waals surface area contributed by atoms with Crippen LogP contribution in [-0.4, -0.2) is 31.2 Å². The molecule has 29 heavy (non-hydrogen) atoms. The summed E-state index contributed by atoms with van der Waals surface area (Å²) in [6, 6.07) is 18.3. The fourth-order valence-electron chi connectivity index (χ4n) is 3.31. The average molecular weight is 393 g/mol. The summed E-state index contributed by atoms with van der Waals surface area (Å²) in [4.78, 5) is 24.5. The summed E-state index contributed by atoms with van der Waals surface area (Å²) in [6.45, 7) is 1.87. The van der Waals surface area contributed by atoms with Gasteiger partial charge < -0.3 is 15.4 Å². The molecule has 1 fully saturated rings. The molecule has 148 valence electrons. The van der Waals surface area contributed by atoms with E-state index in [0.717, 1.165) is 16.8 Å². The van der Waals surface area contributed by atoms with Crippen LogP contribution in [0.15, 0.2) is 60.7 Å². The summed E-state index contributed by atoms with van der Waals surface area (Å²) in [7, 11) is 0. The van der Waals surface area contributed by atoms with Crippen molar-refractivity contribution in [1.82, 2.24) is 5.32 Å². The number of amides is 2. The second kappa shape index (κ2) is 7.79. The highest BCUT2D eigenvalue weighted by atomic mass is 19.1. The molecule has 2 N–H and O–H groups in total. The fraction of sp³-hybridized carbons (Fsp3) is 0.182. The molecule has 4 rings (SSSR count). The Labute approximate surface area is 167 Å². The molecular formula is C22H20FN3O3. The number of carbonyl (C=O) groups is 2. The van der Waals surface area contributed by atoms with Crippen molar-refractivity contribution >= 4 is 29.1 Å². The molecule has 1 atom stereocenters. The minimum Gasteiger partial charge on any atom is -0.442 e. The first kappa shape index (κ1) is 18.7. The number of ether oxygens (including phenoxy) is 1. The molecule has 3 aliphatic rings. The second-order valence-electron chi connectivity index (χ2n) is 6.91. The minimum atomic E-state index is -0.560. The molecule has 0 radical (unpaired) electrons. The molecule has 6 nitrogen and oxygen atoms in total. The quantitative estimate of drug-likeness (QED) is 0.684. The van der Waals surface area contributed by atoms with Gasteiger partial charge in [0.1, 0.15) is 11.9 Å². The Kier molecular flexibility index (Phi) is 5.03. The highest BCUT2D eigenvalue weighted by Crippen LogP contribution is 2.32. The van der Waals surface area contributed by atoms with E-state index in [1.165, 1.54) is 17.9 Å². The van der Waals surface area contributed by atoms with Crippen LogP contribution in [0.5, 0.6) is 0 Å². The van der Waals surface area contributed by atoms with Gasteiger partial charge in [-0.1, -0.05) is 30.3 Å². The van der Waals surface area contributed by atoms with Crippen LogP contribution >= 0.6 is 0 Å². The van der Waals surface area contributed by atoms with Gasteiger partial charge in [-0.05, 0) is 41.5 Å². The van der Waals surface area contributed by atoms with E-state index < -0.39 is 18.0 Å². The van der Waals surface area contributed by atoms with Gasteiger partial charge >= 0.3 is 6.09 Å². The van der Waals surface area contributed by atoms with Gasteiger partial charge in [-0.15, -0.1) is 0 Å². The predicted octanol–water partition coefficient (Wildman–Crippen LogP) is 4.14. The van der Waals surface area contributed by atoms with Crippen LogP contribution in [0.4, 0.5) is 26.2 Å². The Bertz CT molecular complexity index is 1010. The van der Waals surface area contributed by atoms with Crippen LogP contribution in [0.2, 0.25) is 0 Å². The van der Waals surface area contributed by atoms with Crippen molar-refractivity contribution in [3.8, 4) is 11.1 Å². The summed E-state index contributed by atoms with van der Waals surface area (Å²) in [5.41, 5.74) is 3.62. The lowest BCUT2D eigenvalue weighted by atomic mass is 10.2. The van der Waals surface area contributed by atoms with Crippen LogP contribution in [0, 0.1) is 5.82 Å². The van der Waals surface area contributed by atoms with Crippen LogP contribution < -0.4 is 15.5 Å². The summed E-state index contributed by atoms with van der Waals surface area (Å²) >= 11 is 0. The molecule has 0 spiro atoms. The number of hydrogen-bond donors (Lipinski definition) is 2. The number of benzene rings is 1. The van der Waals surface area contributed by atoms with E-state index in [0.29, 0.717) is 11.4 Å². The number of hydrogen-bond acceptors (Lipinski definition) is 4. The third-order valence-electron chi connectivity index (χ3n) is 4.73.